The Balaban J connectivity index is 2.64. The minimum Gasteiger partial charge on any atom is -0.508 e. The van der Waals surface area contributed by atoms with Crippen LogP contribution < -0.4 is 5.32 Å². The van der Waals surface area contributed by atoms with E-state index in [4.69, 9.17) is 5.11 Å². The van der Waals surface area contributed by atoms with Gasteiger partial charge in [0.25, 0.3) is 5.91 Å². The van der Waals surface area contributed by atoms with Crippen molar-refractivity contribution in [1.82, 2.24) is 5.32 Å². The third-order valence-electron chi connectivity index (χ3n) is 2.42. The molecule has 1 unspecified atom stereocenters. The van der Waals surface area contributed by atoms with Gasteiger partial charge in [-0.25, -0.2) is 0 Å². The van der Waals surface area contributed by atoms with Crippen molar-refractivity contribution in [2.24, 2.45) is 5.92 Å². The Morgan fingerprint density at radius 2 is 2.12 bits per heavy atom. The van der Waals surface area contributed by atoms with Gasteiger partial charge < -0.3 is 15.5 Å². The summed E-state index contributed by atoms with van der Waals surface area (Å²) in [5, 5.41) is 21.2. The molecule has 1 aromatic rings. The van der Waals surface area contributed by atoms with Gasteiger partial charge in [-0.05, 0) is 30.5 Å². The molecule has 0 aromatic heterocycles. The van der Waals surface area contributed by atoms with Gasteiger partial charge in [0.2, 0.25) is 0 Å². The molecule has 17 heavy (non-hydrogen) atoms. The molecule has 0 saturated carbocycles. The van der Waals surface area contributed by atoms with Gasteiger partial charge in [-0.2, -0.15) is 0 Å². The van der Waals surface area contributed by atoms with Crippen molar-refractivity contribution >= 4 is 5.91 Å². The summed E-state index contributed by atoms with van der Waals surface area (Å²) in [7, 11) is 0. The first-order valence-corrected chi connectivity index (χ1v) is 5.73. The standard InChI is InChI=1S/C13H19NO3/c1-9(2)6-11(8-15)14-13(17)10-4-3-5-12(16)7-10/h3-5,7,9,11,15-16H,6,8H2,1-2H3,(H,14,17). The van der Waals surface area contributed by atoms with E-state index in [1.807, 2.05) is 13.8 Å². The predicted molar refractivity (Wildman–Crippen MR) is 65.9 cm³/mol. The highest BCUT2D eigenvalue weighted by molar-refractivity contribution is 5.94. The lowest BCUT2D eigenvalue weighted by molar-refractivity contribution is 0.0908. The van der Waals surface area contributed by atoms with Crippen molar-refractivity contribution in [3.05, 3.63) is 29.8 Å². The Bertz CT molecular complexity index is 377. The molecule has 0 aliphatic rings. The molecule has 4 heteroatoms. The molecule has 1 amide bonds. The fourth-order valence-corrected chi connectivity index (χ4v) is 1.66. The number of carbonyl (C=O) groups is 1. The Hall–Kier alpha value is -1.55. The van der Waals surface area contributed by atoms with Crippen LogP contribution in [0.2, 0.25) is 0 Å². The highest BCUT2D eigenvalue weighted by Crippen LogP contribution is 2.11. The van der Waals surface area contributed by atoms with Crippen LogP contribution in [0.3, 0.4) is 0 Å². The van der Waals surface area contributed by atoms with Crippen LogP contribution in [-0.4, -0.2) is 28.8 Å². The summed E-state index contributed by atoms with van der Waals surface area (Å²) in [4.78, 5) is 11.8. The van der Waals surface area contributed by atoms with Gasteiger partial charge in [0.05, 0.1) is 12.6 Å². The topological polar surface area (TPSA) is 69.6 Å². The van der Waals surface area contributed by atoms with Crippen molar-refractivity contribution in [2.75, 3.05) is 6.61 Å². The number of phenols is 1. The quantitative estimate of drug-likeness (QED) is 0.727. The summed E-state index contributed by atoms with van der Waals surface area (Å²) in [6.45, 7) is 3.98. The number of phenolic OH excluding ortho intramolecular Hbond substituents is 1. The van der Waals surface area contributed by atoms with E-state index in [0.29, 0.717) is 11.5 Å². The van der Waals surface area contributed by atoms with E-state index in [9.17, 15) is 9.90 Å². The van der Waals surface area contributed by atoms with E-state index >= 15 is 0 Å². The molecular formula is C13H19NO3. The number of benzene rings is 1. The zero-order chi connectivity index (χ0) is 12.8. The number of hydrogen-bond donors (Lipinski definition) is 3. The molecule has 0 heterocycles. The monoisotopic (exact) mass is 237 g/mol. The molecule has 3 N–H and O–H groups in total. The zero-order valence-corrected chi connectivity index (χ0v) is 10.2. The van der Waals surface area contributed by atoms with Crippen LogP contribution in [0.15, 0.2) is 24.3 Å². The van der Waals surface area contributed by atoms with Crippen LogP contribution in [0.4, 0.5) is 0 Å². The predicted octanol–water partition coefficient (Wildman–Crippen LogP) is 1.53. The normalized spacial score (nSPS) is 12.5. The molecule has 0 aliphatic heterocycles. The number of hydrogen-bond acceptors (Lipinski definition) is 3. The van der Waals surface area contributed by atoms with Gasteiger partial charge in [-0.1, -0.05) is 19.9 Å². The molecule has 0 bridgehead atoms. The summed E-state index contributed by atoms with van der Waals surface area (Å²) in [5.41, 5.74) is 0.396. The van der Waals surface area contributed by atoms with Crippen molar-refractivity contribution in [3.63, 3.8) is 0 Å². The van der Waals surface area contributed by atoms with E-state index in [0.717, 1.165) is 6.42 Å². The summed E-state index contributed by atoms with van der Waals surface area (Å²) < 4.78 is 0. The first-order valence-electron chi connectivity index (χ1n) is 5.73. The molecule has 94 valence electrons. The van der Waals surface area contributed by atoms with Gasteiger partial charge in [0, 0.05) is 5.56 Å². The second kappa shape index (κ2) is 6.25. The first-order chi connectivity index (χ1) is 8.02. The zero-order valence-electron chi connectivity index (χ0n) is 10.2. The van der Waals surface area contributed by atoms with E-state index in [2.05, 4.69) is 5.32 Å². The number of aliphatic hydroxyl groups excluding tert-OH is 1. The number of amides is 1. The van der Waals surface area contributed by atoms with E-state index in [1.54, 1.807) is 12.1 Å². The molecule has 1 rings (SSSR count). The van der Waals surface area contributed by atoms with Crippen LogP contribution in [0.1, 0.15) is 30.6 Å². The highest BCUT2D eigenvalue weighted by atomic mass is 16.3. The third-order valence-corrected chi connectivity index (χ3v) is 2.42. The third kappa shape index (κ3) is 4.44. The minimum absolute atomic E-state index is 0.0575. The Labute approximate surface area is 101 Å². The number of nitrogens with one attached hydrogen (secondary N) is 1. The molecule has 0 spiro atoms. The van der Waals surface area contributed by atoms with E-state index in [-0.39, 0.29) is 24.3 Å². The molecule has 0 aliphatic carbocycles. The Morgan fingerprint density at radius 3 is 2.65 bits per heavy atom. The minimum atomic E-state index is -0.277. The smallest absolute Gasteiger partial charge is 0.251 e. The van der Waals surface area contributed by atoms with E-state index in [1.165, 1.54) is 12.1 Å². The highest BCUT2D eigenvalue weighted by Gasteiger charge is 2.14. The lowest BCUT2D eigenvalue weighted by Crippen LogP contribution is -2.38. The maximum atomic E-state index is 11.8. The van der Waals surface area contributed by atoms with Crippen molar-refractivity contribution < 1.29 is 15.0 Å². The van der Waals surface area contributed by atoms with Crippen LogP contribution in [-0.2, 0) is 0 Å². The van der Waals surface area contributed by atoms with Gasteiger partial charge in [-0.15, -0.1) is 0 Å². The second-order valence-electron chi connectivity index (χ2n) is 4.53. The maximum absolute atomic E-state index is 11.8. The van der Waals surface area contributed by atoms with Crippen LogP contribution in [0.5, 0.6) is 5.75 Å². The average molecular weight is 237 g/mol. The summed E-state index contributed by atoms with van der Waals surface area (Å²) in [6.07, 6.45) is 0.723. The summed E-state index contributed by atoms with van der Waals surface area (Å²) in [6, 6.07) is 5.90. The van der Waals surface area contributed by atoms with Gasteiger partial charge in [0.1, 0.15) is 5.75 Å². The first kappa shape index (κ1) is 13.5. The number of carbonyl (C=O) groups excluding carboxylic acids is 1. The summed E-state index contributed by atoms with van der Waals surface area (Å²) >= 11 is 0. The van der Waals surface area contributed by atoms with Crippen LogP contribution >= 0.6 is 0 Å². The van der Waals surface area contributed by atoms with E-state index < -0.39 is 0 Å². The maximum Gasteiger partial charge on any atom is 0.251 e. The van der Waals surface area contributed by atoms with Crippen LogP contribution in [0, 0.1) is 5.92 Å². The molecule has 0 fully saturated rings. The second-order valence-corrected chi connectivity index (χ2v) is 4.53. The largest absolute Gasteiger partial charge is 0.508 e. The lowest BCUT2D eigenvalue weighted by Gasteiger charge is -2.18. The van der Waals surface area contributed by atoms with Crippen molar-refractivity contribution in [1.29, 1.82) is 0 Å². The van der Waals surface area contributed by atoms with Gasteiger partial charge >= 0.3 is 0 Å². The number of aromatic hydroxyl groups is 1. The molecule has 1 aromatic carbocycles. The Kier molecular flexibility index (Phi) is 4.97. The fraction of sp³-hybridized carbons (Fsp3) is 0.462. The molecular weight excluding hydrogens is 218 g/mol. The number of aliphatic hydroxyl groups is 1. The number of rotatable bonds is 5. The lowest BCUT2D eigenvalue weighted by atomic mass is 10.0. The molecule has 4 nitrogen and oxygen atoms in total. The average Bonchev–Trinajstić information content (AvgIpc) is 2.27. The summed E-state index contributed by atoms with van der Waals surface area (Å²) in [5.74, 6) is 0.180. The SMILES string of the molecule is CC(C)CC(CO)NC(=O)c1cccc(O)c1. The van der Waals surface area contributed by atoms with Crippen LogP contribution in [0.25, 0.3) is 0 Å². The molecule has 0 saturated heterocycles. The van der Waals surface area contributed by atoms with Gasteiger partial charge in [-0.3, -0.25) is 4.79 Å². The molecule has 1 atom stereocenters. The fourth-order valence-electron chi connectivity index (χ4n) is 1.66. The Morgan fingerprint density at radius 1 is 1.41 bits per heavy atom. The van der Waals surface area contributed by atoms with Gasteiger partial charge in [0.15, 0.2) is 0 Å². The van der Waals surface area contributed by atoms with Crippen molar-refractivity contribution in [2.45, 2.75) is 26.3 Å². The molecule has 0 radical (unpaired) electrons. The van der Waals surface area contributed by atoms with Crippen molar-refractivity contribution in [3.8, 4) is 5.75 Å².